The summed E-state index contributed by atoms with van der Waals surface area (Å²) in [6.45, 7) is 4.67. The number of methoxy groups -OCH3 is 1. The van der Waals surface area contributed by atoms with Crippen molar-refractivity contribution in [3.8, 4) is 0 Å². The summed E-state index contributed by atoms with van der Waals surface area (Å²) in [6.07, 6.45) is 2.42. The van der Waals surface area contributed by atoms with Gasteiger partial charge in [0.15, 0.2) is 0 Å². The largest absolute Gasteiger partial charge is 0.479 e. The maximum absolute atomic E-state index is 12.2. The first-order chi connectivity index (χ1) is 8.97. The maximum Gasteiger partial charge on any atom is 0.329 e. The van der Waals surface area contributed by atoms with Crippen LogP contribution in [-0.4, -0.2) is 53.8 Å². The van der Waals surface area contributed by atoms with Crippen LogP contribution in [0.1, 0.15) is 39.5 Å². The van der Waals surface area contributed by atoms with E-state index in [0.29, 0.717) is 25.9 Å². The van der Waals surface area contributed by atoms with E-state index in [2.05, 4.69) is 5.32 Å². The van der Waals surface area contributed by atoms with Crippen LogP contribution in [0.4, 0.5) is 4.79 Å². The number of carbonyl (C=O) groups excluding carboxylic acids is 1. The van der Waals surface area contributed by atoms with E-state index in [4.69, 9.17) is 4.74 Å². The third-order valence-corrected chi connectivity index (χ3v) is 3.74. The number of urea groups is 1. The van der Waals surface area contributed by atoms with Gasteiger partial charge in [0.1, 0.15) is 5.54 Å². The minimum Gasteiger partial charge on any atom is -0.479 e. The van der Waals surface area contributed by atoms with Gasteiger partial charge in [-0.05, 0) is 26.2 Å². The summed E-state index contributed by atoms with van der Waals surface area (Å²) >= 11 is 0. The van der Waals surface area contributed by atoms with Crippen molar-refractivity contribution in [3.05, 3.63) is 0 Å². The molecule has 1 rings (SSSR count). The zero-order chi connectivity index (χ0) is 14.5. The molecule has 0 spiro atoms. The summed E-state index contributed by atoms with van der Waals surface area (Å²) in [5.41, 5.74) is -1.03. The lowest BCUT2D eigenvalue weighted by molar-refractivity contribution is -0.148. The zero-order valence-corrected chi connectivity index (χ0v) is 11.9. The molecule has 1 saturated heterocycles. The second-order valence-corrected chi connectivity index (χ2v) is 5.07. The summed E-state index contributed by atoms with van der Waals surface area (Å²) in [5.74, 6) is -0.901. The minimum atomic E-state index is -1.03. The summed E-state index contributed by atoms with van der Waals surface area (Å²) in [6, 6.07) is -0.308. The highest BCUT2D eigenvalue weighted by Gasteiger charge is 2.49. The van der Waals surface area contributed by atoms with Crippen molar-refractivity contribution < 1.29 is 19.4 Å². The smallest absolute Gasteiger partial charge is 0.329 e. The molecule has 2 amide bonds. The van der Waals surface area contributed by atoms with Gasteiger partial charge in [-0.15, -0.1) is 0 Å². The highest BCUT2D eigenvalue weighted by atomic mass is 16.5. The fraction of sp³-hybridized carbons (Fsp3) is 0.846. The number of nitrogens with one attached hydrogen (secondary N) is 1. The maximum atomic E-state index is 12.2. The highest BCUT2D eigenvalue weighted by molar-refractivity contribution is 5.87. The molecule has 6 nitrogen and oxygen atoms in total. The Kier molecular flexibility index (Phi) is 5.60. The molecule has 6 heteroatoms. The number of rotatable bonds is 6. The van der Waals surface area contributed by atoms with Crippen molar-refractivity contribution in [3.63, 3.8) is 0 Å². The number of ether oxygens (including phenoxy) is 1. The van der Waals surface area contributed by atoms with Gasteiger partial charge >= 0.3 is 12.0 Å². The molecule has 0 saturated carbocycles. The van der Waals surface area contributed by atoms with Crippen LogP contribution in [0.5, 0.6) is 0 Å². The van der Waals surface area contributed by atoms with Gasteiger partial charge in [-0.25, -0.2) is 9.59 Å². The summed E-state index contributed by atoms with van der Waals surface area (Å²) in [7, 11) is 1.57. The first-order valence-corrected chi connectivity index (χ1v) is 6.79. The topological polar surface area (TPSA) is 78.9 Å². The van der Waals surface area contributed by atoms with E-state index in [1.807, 2.05) is 13.8 Å². The van der Waals surface area contributed by atoms with Gasteiger partial charge in [0.05, 0.1) is 6.10 Å². The predicted molar refractivity (Wildman–Crippen MR) is 71.1 cm³/mol. The molecular weight excluding hydrogens is 248 g/mol. The van der Waals surface area contributed by atoms with Gasteiger partial charge in [-0.1, -0.05) is 13.3 Å². The number of carbonyl (C=O) groups is 2. The average Bonchev–Trinajstić information content (AvgIpc) is 2.81. The summed E-state index contributed by atoms with van der Waals surface area (Å²) < 4.78 is 5.06. The Bertz CT molecular complexity index is 335. The molecule has 0 aromatic heterocycles. The quantitative estimate of drug-likeness (QED) is 0.767. The molecule has 1 aliphatic heterocycles. The standard InChI is InChI=1S/C13H24N2O4/c1-4-6-13(11(16)17)7-5-8-15(13)12(18)14-9-10(2)19-3/h10H,4-9H2,1-3H3,(H,14,18)(H,16,17). The van der Waals surface area contributed by atoms with Crippen molar-refractivity contribution in [1.82, 2.24) is 10.2 Å². The van der Waals surface area contributed by atoms with Gasteiger partial charge in [0.2, 0.25) is 0 Å². The monoisotopic (exact) mass is 272 g/mol. The number of aliphatic carboxylic acids is 1. The van der Waals surface area contributed by atoms with E-state index in [1.54, 1.807) is 7.11 Å². The van der Waals surface area contributed by atoms with Crippen LogP contribution in [0.25, 0.3) is 0 Å². The number of hydrogen-bond donors (Lipinski definition) is 2. The molecule has 1 fully saturated rings. The van der Waals surface area contributed by atoms with E-state index in [0.717, 1.165) is 12.8 Å². The predicted octanol–water partition coefficient (Wildman–Crippen LogP) is 1.45. The Morgan fingerprint density at radius 2 is 2.21 bits per heavy atom. The van der Waals surface area contributed by atoms with Crippen LogP contribution in [0.15, 0.2) is 0 Å². The molecular formula is C13H24N2O4. The Hall–Kier alpha value is -1.30. The van der Waals surface area contributed by atoms with Gasteiger partial charge in [-0.3, -0.25) is 0 Å². The Balaban J connectivity index is 2.73. The molecule has 19 heavy (non-hydrogen) atoms. The molecule has 2 N–H and O–H groups in total. The van der Waals surface area contributed by atoms with Crippen LogP contribution in [0.3, 0.4) is 0 Å². The Morgan fingerprint density at radius 1 is 1.53 bits per heavy atom. The van der Waals surface area contributed by atoms with Crippen molar-refractivity contribution in [1.29, 1.82) is 0 Å². The lowest BCUT2D eigenvalue weighted by atomic mass is 9.91. The van der Waals surface area contributed by atoms with Crippen LogP contribution >= 0.6 is 0 Å². The minimum absolute atomic E-state index is 0.0862. The lowest BCUT2D eigenvalue weighted by Gasteiger charge is -2.34. The molecule has 0 bridgehead atoms. The Morgan fingerprint density at radius 3 is 2.74 bits per heavy atom. The molecule has 0 aliphatic carbocycles. The second kappa shape index (κ2) is 6.75. The summed E-state index contributed by atoms with van der Waals surface area (Å²) in [5, 5.41) is 12.2. The number of amides is 2. The fourth-order valence-electron chi connectivity index (χ4n) is 2.59. The first-order valence-electron chi connectivity index (χ1n) is 6.79. The number of hydrogen-bond acceptors (Lipinski definition) is 3. The average molecular weight is 272 g/mol. The van der Waals surface area contributed by atoms with Gasteiger partial charge in [0, 0.05) is 20.2 Å². The van der Waals surface area contributed by atoms with E-state index < -0.39 is 11.5 Å². The Labute approximate surface area is 114 Å². The van der Waals surface area contributed by atoms with Crippen LogP contribution in [-0.2, 0) is 9.53 Å². The van der Waals surface area contributed by atoms with E-state index in [1.165, 1.54) is 4.90 Å². The second-order valence-electron chi connectivity index (χ2n) is 5.07. The van der Waals surface area contributed by atoms with Crippen molar-refractivity contribution >= 4 is 12.0 Å². The molecule has 1 heterocycles. The lowest BCUT2D eigenvalue weighted by Crippen LogP contribution is -2.56. The molecule has 0 aromatic rings. The van der Waals surface area contributed by atoms with Gasteiger partial charge in [-0.2, -0.15) is 0 Å². The zero-order valence-electron chi connectivity index (χ0n) is 11.9. The fourth-order valence-corrected chi connectivity index (χ4v) is 2.59. The third-order valence-electron chi connectivity index (χ3n) is 3.74. The molecule has 110 valence electrons. The molecule has 2 unspecified atom stereocenters. The summed E-state index contributed by atoms with van der Waals surface area (Å²) in [4.78, 5) is 25.2. The molecule has 1 aliphatic rings. The van der Waals surface area contributed by atoms with Crippen molar-refractivity contribution in [2.75, 3.05) is 20.2 Å². The SMILES string of the molecule is CCCC1(C(=O)O)CCCN1C(=O)NCC(C)OC. The third kappa shape index (κ3) is 3.37. The number of nitrogens with zero attached hydrogens (tertiary/aromatic N) is 1. The molecule has 0 radical (unpaired) electrons. The van der Waals surface area contributed by atoms with E-state index >= 15 is 0 Å². The first kappa shape index (κ1) is 15.8. The highest BCUT2D eigenvalue weighted by Crippen LogP contribution is 2.33. The van der Waals surface area contributed by atoms with Crippen molar-refractivity contribution in [2.45, 2.75) is 51.2 Å². The van der Waals surface area contributed by atoms with Crippen LogP contribution < -0.4 is 5.32 Å². The van der Waals surface area contributed by atoms with Gasteiger partial charge < -0.3 is 20.1 Å². The van der Waals surface area contributed by atoms with Crippen molar-refractivity contribution in [2.24, 2.45) is 0 Å². The van der Waals surface area contributed by atoms with Gasteiger partial charge in [0.25, 0.3) is 0 Å². The van der Waals surface area contributed by atoms with E-state index in [9.17, 15) is 14.7 Å². The molecule has 2 atom stereocenters. The van der Waals surface area contributed by atoms with E-state index in [-0.39, 0.29) is 12.1 Å². The number of likely N-dealkylation sites (tertiary alicyclic amines) is 1. The van der Waals surface area contributed by atoms with Crippen LogP contribution in [0, 0.1) is 0 Å². The molecule has 0 aromatic carbocycles. The number of carboxylic acid groups (broad SMARTS) is 1. The normalized spacial score (nSPS) is 24.3. The number of carboxylic acids is 1. The van der Waals surface area contributed by atoms with Crippen LogP contribution in [0.2, 0.25) is 0 Å².